The molecule has 0 aliphatic carbocycles. The van der Waals surface area contributed by atoms with Gasteiger partial charge in [-0.1, -0.05) is 36.1 Å². The van der Waals surface area contributed by atoms with Crippen LogP contribution in [0.3, 0.4) is 0 Å². The van der Waals surface area contributed by atoms with Gasteiger partial charge in [0.1, 0.15) is 4.32 Å². The molecule has 1 aliphatic heterocycles. The summed E-state index contributed by atoms with van der Waals surface area (Å²) in [5.41, 5.74) is 0. The minimum atomic E-state index is -0.267. The van der Waals surface area contributed by atoms with E-state index in [0.29, 0.717) is 34.7 Å². The summed E-state index contributed by atoms with van der Waals surface area (Å²) in [7, 11) is 1.54. The van der Waals surface area contributed by atoms with Crippen LogP contribution in [0.1, 0.15) is 0 Å². The first kappa shape index (κ1) is 16.6. The molecule has 1 saturated heterocycles. The van der Waals surface area contributed by atoms with Gasteiger partial charge in [-0.25, -0.2) is 0 Å². The number of carbonyl (C=O) groups excluding carboxylic acids is 2. The van der Waals surface area contributed by atoms with Crippen molar-refractivity contribution in [2.75, 3.05) is 32.6 Å². The molecule has 0 unspecified atom stereocenters. The van der Waals surface area contributed by atoms with Gasteiger partial charge in [0.15, 0.2) is 18.1 Å². The molecule has 22 heavy (non-hydrogen) atoms. The normalized spacial score (nSPS) is 14.1. The molecule has 0 aromatic heterocycles. The van der Waals surface area contributed by atoms with Gasteiger partial charge in [-0.3, -0.25) is 14.5 Å². The number of amides is 2. The number of nitrogens with one attached hydrogen (secondary N) is 1. The van der Waals surface area contributed by atoms with Crippen LogP contribution < -0.4 is 14.8 Å². The maximum Gasteiger partial charge on any atom is 0.258 e. The maximum atomic E-state index is 11.7. The molecule has 1 aliphatic rings. The average molecular weight is 340 g/mol. The molecule has 2 amide bonds. The molecule has 1 aromatic carbocycles. The number of rotatable bonds is 7. The van der Waals surface area contributed by atoms with E-state index in [9.17, 15) is 9.59 Å². The van der Waals surface area contributed by atoms with Crippen LogP contribution in [0.4, 0.5) is 0 Å². The number of hydrogen-bond acceptors (Lipinski definition) is 6. The van der Waals surface area contributed by atoms with E-state index in [4.69, 9.17) is 21.7 Å². The van der Waals surface area contributed by atoms with Gasteiger partial charge in [-0.05, 0) is 12.1 Å². The Labute approximate surface area is 138 Å². The van der Waals surface area contributed by atoms with Crippen LogP contribution in [0.2, 0.25) is 0 Å². The number of thioether (sulfide) groups is 1. The van der Waals surface area contributed by atoms with E-state index >= 15 is 0 Å². The van der Waals surface area contributed by atoms with E-state index in [1.165, 1.54) is 23.8 Å². The zero-order valence-corrected chi connectivity index (χ0v) is 13.7. The predicted octanol–water partition coefficient (Wildman–Crippen LogP) is 1.05. The van der Waals surface area contributed by atoms with E-state index in [2.05, 4.69) is 5.32 Å². The first-order valence-electron chi connectivity index (χ1n) is 6.61. The lowest BCUT2D eigenvalue weighted by atomic mass is 10.3. The third-order valence-corrected chi connectivity index (χ3v) is 4.36. The summed E-state index contributed by atoms with van der Waals surface area (Å²) in [4.78, 5) is 24.7. The average Bonchev–Trinajstić information content (AvgIpc) is 2.85. The summed E-state index contributed by atoms with van der Waals surface area (Å²) in [5, 5.41) is 2.69. The smallest absolute Gasteiger partial charge is 0.258 e. The summed E-state index contributed by atoms with van der Waals surface area (Å²) >= 11 is 6.40. The molecule has 8 heteroatoms. The van der Waals surface area contributed by atoms with Crippen LogP contribution in [0, 0.1) is 0 Å². The van der Waals surface area contributed by atoms with Crippen LogP contribution >= 0.6 is 24.0 Å². The minimum Gasteiger partial charge on any atom is -0.493 e. The summed E-state index contributed by atoms with van der Waals surface area (Å²) in [6.45, 7) is 0.596. The number of hydrogen-bond donors (Lipinski definition) is 1. The van der Waals surface area contributed by atoms with Crippen LogP contribution in [0.25, 0.3) is 0 Å². The van der Waals surface area contributed by atoms with Crippen molar-refractivity contribution in [1.29, 1.82) is 0 Å². The summed E-state index contributed by atoms with van der Waals surface area (Å²) < 4.78 is 11.1. The van der Waals surface area contributed by atoms with Gasteiger partial charge >= 0.3 is 0 Å². The third kappa shape index (κ3) is 4.35. The lowest BCUT2D eigenvalue weighted by Crippen LogP contribution is -2.38. The molecular formula is C14H16N2O4S2. The second-order valence-corrected chi connectivity index (χ2v) is 6.00. The summed E-state index contributed by atoms with van der Waals surface area (Å²) in [6, 6.07) is 7.10. The molecular weight excluding hydrogens is 324 g/mol. The highest BCUT2D eigenvalue weighted by molar-refractivity contribution is 8.23. The number of para-hydroxylation sites is 2. The molecule has 0 radical (unpaired) electrons. The summed E-state index contributed by atoms with van der Waals surface area (Å²) in [6.07, 6.45) is 0. The van der Waals surface area contributed by atoms with Gasteiger partial charge in [0, 0.05) is 13.1 Å². The lowest BCUT2D eigenvalue weighted by Gasteiger charge is -2.15. The Morgan fingerprint density at radius 2 is 2.14 bits per heavy atom. The number of nitrogens with zero attached hydrogens (tertiary/aromatic N) is 1. The van der Waals surface area contributed by atoms with Crippen molar-refractivity contribution < 1.29 is 19.1 Å². The van der Waals surface area contributed by atoms with Crippen LogP contribution in [0.15, 0.2) is 24.3 Å². The first-order valence-corrected chi connectivity index (χ1v) is 8.01. The highest BCUT2D eigenvalue weighted by atomic mass is 32.2. The Morgan fingerprint density at radius 3 is 2.77 bits per heavy atom. The SMILES string of the molecule is COc1ccccc1OCC(=O)NCCN1C(=O)CSC1=S. The second kappa shape index (κ2) is 8.00. The van der Waals surface area contributed by atoms with Gasteiger partial charge in [0.05, 0.1) is 12.9 Å². The van der Waals surface area contributed by atoms with Crippen molar-refractivity contribution in [2.24, 2.45) is 0 Å². The van der Waals surface area contributed by atoms with Crippen molar-refractivity contribution in [3.8, 4) is 11.5 Å². The molecule has 1 heterocycles. The molecule has 0 saturated carbocycles. The fourth-order valence-corrected chi connectivity index (χ4v) is 2.96. The largest absolute Gasteiger partial charge is 0.493 e. The summed E-state index contributed by atoms with van der Waals surface area (Å²) in [5.74, 6) is 1.17. The van der Waals surface area contributed by atoms with Crippen LogP contribution in [-0.2, 0) is 9.59 Å². The highest BCUT2D eigenvalue weighted by Crippen LogP contribution is 2.25. The Kier molecular flexibility index (Phi) is 6.02. The molecule has 118 valence electrons. The van der Waals surface area contributed by atoms with Gasteiger partial charge in [0.2, 0.25) is 5.91 Å². The van der Waals surface area contributed by atoms with Gasteiger partial charge in [-0.15, -0.1) is 0 Å². The fraction of sp³-hybridized carbons (Fsp3) is 0.357. The van der Waals surface area contributed by atoms with Crippen LogP contribution in [-0.4, -0.2) is 53.6 Å². The van der Waals surface area contributed by atoms with Gasteiger partial charge in [0.25, 0.3) is 5.91 Å². The van der Waals surface area contributed by atoms with E-state index in [-0.39, 0.29) is 18.4 Å². The number of ether oxygens (including phenoxy) is 2. The van der Waals surface area contributed by atoms with Crippen LogP contribution in [0.5, 0.6) is 11.5 Å². The number of thiocarbonyl (C=S) groups is 1. The molecule has 0 atom stereocenters. The second-order valence-electron chi connectivity index (χ2n) is 4.39. The predicted molar refractivity (Wildman–Crippen MR) is 88.3 cm³/mol. The quantitative estimate of drug-likeness (QED) is 0.749. The topological polar surface area (TPSA) is 67.9 Å². The highest BCUT2D eigenvalue weighted by Gasteiger charge is 2.25. The Morgan fingerprint density at radius 1 is 1.41 bits per heavy atom. The molecule has 0 bridgehead atoms. The molecule has 6 nitrogen and oxygen atoms in total. The van der Waals surface area contributed by atoms with Crippen molar-refractivity contribution >= 4 is 40.1 Å². The van der Waals surface area contributed by atoms with Crippen molar-refractivity contribution in [3.63, 3.8) is 0 Å². The fourth-order valence-electron chi connectivity index (χ4n) is 1.84. The Bertz CT molecular complexity index is 564. The lowest BCUT2D eigenvalue weighted by molar-refractivity contribution is -0.125. The minimum absolute atomic E-state index is 0.0190. The molecule has 1 fully saturated rings. The number of carbonyl (C=O) groups is 2. The van der Waals surface area contributed by atoms with E-state index < -0.39 is 0 Å². The Balaban J connectivity index is 1.72. The van der Waals surface area contributed by atoms with E-state index in [1.807, 2.05) is 6.07 Å². The molecule has 1 N–H and O–H groups in total. The molecule has 1 aromatic rings. The Hall–Kier alpha value is -1.80. The first-order chi connectivity index (χ1) is 10.6. The van der Waals surface area contributed by atoms with E-state index in [0.717, 1.165) is 0 Å². The molecule has 0 spiro atoms. The monoisotopic (exact) mass is 340 g/mol. The zero-order chi connectivity index (χ0) is 15.9. The molecule has 2 rings (SSSR count). The van der Waals surface area contributed by atoms with Crippen molar-refractivity contribution in [3.05, 3.63) is 24.3 Å². The number of methoxy groups -OCH3 is 1. The number of benzene rings is 1. The van der Waals surface area contributed by atoms with Gasteiger partial charge in [-0.2, -0.15) is 0 Å². The third-order valence-electron chi connectivity index (χ3n) is 2.93. The zero-order valence-electron chi connectivity index (χ0n) is 12.0. The van der Waals surface area contributed by atoms with Gasteiger partial charge < -0.3 is 14.8 Å². The van der Waals surface area contributed by atoms with E-state index in [1.54, 1.807) is 18.2 Å². The van der Waals surface area contributed by atoms with Crippen molar-refractivity contribution in [1.82, 2.24) is 10.2 Å². The van der Waals surface area contributed by atoms with Crippen molar-refractivity contribution in [2.45, 2.75) is 0 Å². The maximum absolute atomic E-state index is 11.7. The standard InChI is InChI=1S/C14H16N2O4S2/c1-19-10-4-2-3-5-11(10)20-8-12(17)15-6-7-16-13(18)9-22-14(16)21/h2-5H,6-9H2,1H3,(H,15,17).